The van der Waals surface area contributed by atoms with Gasteiger partial charge in [0, 0.05) is 24.8 Å². The predicted molar refractivity (Wildman–Crippen MR) is 110 cm³/mol. The maximum absolute atomic E-state index is 13.0. The lowest BCUT2D eigenvalue weighted by molar-refractivity contribution is -0.158. The van der Waals surface area contributed by atoms with Gasteiger partial charge in [-0.1, -0.05) is 13.8 Å². The number of benzene rings is 1. The van der Waals surface area contributed by atoms with E-state index in [0.29, 0.717) is 4.90 Å². The van der Waals surface area contributed by atoms with Crippen LogP contribution in [-0.2, 0) is 19.1 Å². The number of nitrogens with one attached hydrogen (secondary N) is 1. The molecule has 0 aromatic heterocycles. The highest BCUT2D eigenvalue weighted by Crippen LogP contribution is 2.34. The van der Waals surface area contributed by atoms with E-state index in [1.165, 1.54) is 12.1 Å². The van der Waals surface area contributed by atoms with Crippen LogP contribution in [0.2, 0.25) is 0 Å². The molecule has 0 aliphatic carbocycles. The molecule has 2 rings (SSSR count). The molecule has 0 radical (unpaired) electrons. The Morgan fingerprint density at radius 3 is 2.50 bits per heavy atom. The van der Waals surface area contributed by atoms with Gasteiger partial charge in [-0.15, -0.1) is 0 Å². The summed E-state index contributed by atoms with van der Waals surface area (Å²) < 4.78 is 74.5. The number of ether oxygens (including phenoxy) is 2. The molecule has 1 aliphatic rings. The lowest BCUT2D eigenvalue weighted by Gasteiger charge is -2.31. The standard InChI is InChI=1S/C20H25F5N4O5/c1-11(2)8-28(10-20(23,24)25)16(17(26)31)18(32)27-12-3-4-13(14(7-12)34-19(21)22)29-5-6-33-9-15(29)30/h3-4,7,11,16,19H,5-6,8-10H2,1-2H3,(H2,26,31)(H,27,32)/t16-/m1/s1. The van der Waals surface area contributed by atoms with Crippen molar-refractivity contribution >= 4 is 29.1 Å². The molecule has 1 fully saturated rings. The van der Waals surface area contributed by atoms with Crippen LogP contribution in [0.1, 0.15) is 13.8 Å². The van der Waals surface area contributed by atoms with Crippen LogP contribution in [0, 0.1) is 5.92 Å². The van der Waals surface area contributed by atoms with Crippen LogP contribution < -0.4 is 20.7 Å². The number of nitrogens with two attached hydrogens (primary N) is 1. The van der Waals surface area contributed by atoms with Crippen LogP contribution in [0.15, 0.2) is 18.2 Å². The summed E-state index contributed by atoms with van der Waals surface area (Å²) in [4.78, 5) is 38.5. The molecule has 0 bridgehead atoms. The molecule has 1 atom stereocenters. The van der Waals surface area contributed by atoms with E-state index in [0.717, 1.165) is 11.0 Å². The first-order valence-electron chi connectivity index (χ1n) is 10.2. The van der Waals surface area contributed by atoms with E-state index >= 15 is 0 Å². The molecule has 9 nitrogen and oxygen atoms in total. The SMILES string of the molecule is CC(C)CN(CC(F)(F)F)[C@H](C(N)=O)C(=O)Nc1ccc(N2CCOCC2=O)c(OC(F)F)c1. The summed E-state index contributed by atoms with van der Waals surface area (Å²) >= 11 is 0. The largest absolute Gasteiger partial charge is 0.433 e. The van der Waals surface area contributed by atoms with E-state index < -0.39 is 48.8 Å². The minimum Gasteiger partial charge on any atom is -0.433 e. The van der Waals surface area contributed by atoms with Crippen molar-refractivity contribution in [2.24, 2.45) is 11.7 Å². The van der Waals surface area contributed by atoms with Crippen molar-refractivity contribution in [3.8, 4) is 5.75 Å². The van der Waals surface area contributed by atoms with Crippen LogP contribution in [0.4, 0.5) is 33.3 Å². The predicted octanol–water partition coefficient (Wildman–Crippen LogP) is 1.96. The van der Waals surface area contributed by atoms with Crippen molar-refractivity contribution in [3.05, 3.63) is 18.2 Å². The Kier molecular flexibility index (Phi) is 9.15. The van der Waals surface area contributed by atoms with Gasteiger partial charge in [-0.05, 0) is 18.1 Å². The number of nitrogens with zero attached hydrogens (tertiary/aromatic N) is 2. The second kappa shape index (κ2) is 11.4. The number of morpholine rings is 1. The number of alkyl halides is 5. The van der Waals surface area contributed by atoms with Gasteiger partial charge in [-0.3, -0.25) is 19.3 Å². The Morgan fingerprint density at radius 2 is 1.97 bits per heavy atom. The van der Waals surface area contributed by atoms with E-state index in [4.69, 9.17) is 10.5 Å². The molecule has 14 heteroatoms. The number of hydrogen-bond acceptors (Lipinski definition) is 6. The number of primary amides is 1. The summed E-state index contributed by atoms with van der Waals surface area (Å²) in [5.74, 6) is -3.81. The van der Waals surface area contributed by atoms with Crippen LogP contribution in [-0.4, -0.2) is 74.3 Å². The van der Waals surface area contributed by atoms with Crippen molar-refractivity contribution < 1.29 is 45.8 Å². The zero-order chi connectivity index (χ0) is 25.6. The number of halogens is 5. The van der Waals surface area contributed by atoms with E-state index in [1.807, 2.05) is 0 Å². The second-order valence-corrected chi connectivity index (χ2v) is 7.89. The van der Waals surface area contributed by atoms with Crippen LogP contribution in [0.3, 0.4) is 0 Å². The molecule has 0 saturated carbocycles. The summed E-state index contributed by atoms with van der Waals surface area (Å²) in [7, 11) is 0. The number of anilines is 2. The molecule has 1 aromatic carbocycles. The Bertz CT molecular complexity index is 897. The van der Waals surface area contributed by atoms with Gasteiger partial charge < -0.3 is 25.4 Å². The van der Waals surface area contributed by atoms with Crippen LogP contribution in [0.5, 0.6) is 5.75 Å². The normalized spacial score (nSPS) is 15.7. The summed E-state index contributed by atoms with van der Waals surface area (Å²) in [6.45, 7) is -1.95. The lowest BCUT2D eigenvalue weighted by atomic mass is 10.1. The molecule has 1 aliphatic heterocycles. The molecular formula is C20H25F5N4O5. The van der Waals surface area contributed by atoms with Gasteiger partial charge in [-0.2, -0.15) is 22.0 Å². The Hall–Kier alpha value is -3.00. The quantitative estimate of drug-likeness (QED) is 0.378. The third kappa shape index (κ3) is 7.80. The third-order valence-electron chi connectivity index (χ3n) is 4.59. The second-order valence-electron chi connectivity index (χ2n) is 7.89. The zero-order valence-electron chi connectivity index (χ0n) is 18.4. The van der Waals surface area contributed by atoms with Gasteiger partial charge in [0.2, 0.25) is 5.91 Å². The fourth-order valence-corrected chi connectivity index (χ4v) is 3.42. The van der Waals surface area contributed by atoms with Crippen molar-refractivity contribution in [3.63, 3.8) is 0 Å². The molecule has 1 saturated heterocycles. The highest BCUT2D eigenvalue weighted by Gasteiger charge is 2.39. The summed E-state index contributed by atoms with van der Waals surface area (Å²) in [5, 5.41) is 2.22. The maximum Gasteiger partial charge on any atom is 0.401 e. The first-order valence-corrected chi connectivity index (χ1v) is 10.2. The molecule has 3 N–H and O–H groups in total. The molecule has 0 spiro atoms. The average Bonchev–Trinajstić information content (AvgIpc) is 2.66. The average molecular weight is 496 g/mol. The van der Waals surface area contributed by atoms with E-state index in [1.54, 1.807) is 13.8 Å². The van der Waals surface area contributed by atoms with Gasteiger partial charge >= 0.3 is 12.8 Å². The van der Waals surface area contributed by atoms with Gasteiger partial charge in [0.15, 0.2) is 11.8 Å². The maximum atomic E-state index is 13.0. The first-order chi connectivity index (χ1) is 15.8. The monoisotopic (exact) mass is 496 g/mol. The van der Waals surface area contributed by atoms with Crippen molar-refractivity contribution in [2.45, 2.75) is 32.7 Å². The third-order valence-corrected chi connectivity index (χ3v) is 4.59. The fourth-order valence-electron chi connectivity index (χ4n) is 3.42. The minimum atomic E-state index is -4.71. The Morgan fingerprint density at radius 1 is 1.29 bits per heavy atom. The van der Waals surface area contributed by atoms with E-state index in [-0.39, 0.29) is 43.6 Å². The molecule has 1 heterocycles. The molecule has 190 valence electrons. The summed E-state index contributed by atoms with van der Waals surface area (Å²) in [6, 6.07) is 1.43. The minimum absolute atomic E-state index is 0.0171. The van der Waals surface area contributed by atoms with E-state index in [2.05, 4.69) is 10.1 Å². The smallest absolute Gasteiger partial charge is 0.401 e. The van der Waals surface area contributed by atoms with Gasteiger partial charge in [0.05, 0.1) is 18.8 Å². The highest BCUT2D eigenvalue weighted by molar-refractivity contribution is 6.09. The lowest BCUT2D eigenvalue weighted by Crippen LogP contribution is -2.55. The molecule has 34 heavy (non-hydrogen) atoms. The summed E-state index contributed by atoms with van der Waals surface area (Å²) in [5.41, 5.74) is 5.05. The molecule has 3 amide bonds. The Balaban J connectivity index is 2.33. The van der Waals surface area contributed by atoms with E-state index in [9.17, 15) is 36.3 Å². The first kappa shape index (κ1) is 27.2. The highest BCUT2D eigenvalue weighted by atomic mass is 19.4. The number of carbonyl (C=O) groups is 3. The van der Waals surface area contributed by atoms with Crippen molar-refractivity contribution in [1.82, 2.24) is 4.90 Å². The van der Waals surface area contributed by atoms with Gasteiger partial charge in [-0.25, -0.2) is 0 Å². The van der Waals surface area contributed by atoms with Gasteiger partial charge in [0.1, 0.15) is 6.61 Å². The summed E-state index contributed by atoms with van der Waals surface area (Å²) in [6.07, 6.45) is -4.71. The Labute approximate surface area is 191 Å². The zero-order valence-corrected chi connectivity index (χ0v) is 18.4. The number of rotatable bonds is 10. The number of amides is 3. The number of hydrogen-bond donors (Lipinski definition) is 2. The fraction of sp³-hybridized carbons (Fsp3) is 0.550. The molecule has 0 unspecified atom stereocenters. The van der Waals surface area contributed by atoms with Crippen LogP contribution >= 0.6 is 0 Å². The molecule has 1 aromatic rings. The van der Waals surface area contributed by atoms with Crippen LogP contribution in [0.25, 0.3) is 0 Å². The van der Waals surface area contributed by atoms with Crippen molar-refractivity contribution in [1.29, 1.82) is 0 Å². The topological polar surface area (TPSA) is 114 Å². The van der Waals surface area contributed by atoms with Gasteiger partial charge in [0.25, 0.3) is 11.8 Å². The number of carbonyl (C=O) groups excluding carboxylic acids is 3. The van der Waals surface area contributed by atoms with Crippen molar-refractivity contribution in [2.75, 3.05) is 43.1 Å². The molecular weight excluding hydrogens is 471 g/mol.